The third-order valence-corrected chi connectivity index (χ3v) is 2.29. The maximum Gasteiger partial charge on any atom is 0.417 e. The molecule has 2 N–H and O–H groups in total. The summed E-state index contributed by atoms with van der Waals surface area (Å²) in [5, 5.41) is 1.85. The van der Waals surface area contributed by atoms with Crippen molar-refractivity contribution in [3.8, 4) is 0 Å². The molecule has 2 aromatic rings. The lowest BCUT2D eigenvalue weighted by Gasteiger charge is -2.05. The van der Waals surface area contributed by atoms with Crippen molar-refractivity contribution >= 4 is 17.0 Å². The quantitative estimate of drug-likeness (QED) is 0.815. The van der Waals surface area contributed by atoms with Gasteiger partial charge in [0.05, 0.1) is 10.9 Å². The fourth-order valence-corrected chi connectivity index (χ4v) is 1.51. The Morgan fingerprint density at radius 2 is 2.06 bits per heavy atom. The van der Waals surface area contributed by atoms with Gasteiger partial charge in [-0.05, 0) is 6.07 Å². The minimum Gasteiger partial charge on any atom is -0.434 e. The van der Waals surface area contributed by atoms with E-state index < -0.39 is 23.2 Å². The first-order chi connectivity index (χ1) is 8.32. The van der Waals surface area contributed by atoms with Crippen LogP contribution < -0.4 is 10.9 Å². The molecule has 0 radical (unpaired) electrons. The smallest absolute Gasteiger partial charge is 0.417 e. The molecule has 0 unspecified atom stereocenters. The number of furan rings is 1. The van der Waals surface area contributed by atoms with E-state index in [0.29, 0.717) is 6.07 Å². The molecule has 0 bridgehead atoms. The van der Waals surface area contributed by atoms with E-state index >= 15 is 0 Å². The number of halogens is 3. The van der Waals surface area contributed by atoms with Crippen LogP contribution in [-0.4, -0.2) is 17.9 Å². The van der Waals surface area contributed by atoms with Crippen LogP contribution in [0.5, 0.6) is 0 Å². The Kier molecular flexibility index (Phi) is 2.64. The summed E-state index contributed by atoms with van der Waals surface area (Å²) in [7, 11) is 1.31. The van der Waals surface area contributed by atoms with Crippen molar-refractivity contribution in [1.82, 2.24) is 10.3 Å². The van der Waals surface area contributed by atoms with Crippen LogP contribution >= 0.6 is 0 Å². The molecule has 0 saturated carbocycles. The van der Waals surface area contributed by atoms with E-state index in [4.69, 9.17) is 4.42 Å². The number of aromatic nitrogens is 1. The third-order valence-electron chi connectivity index (χ3n) is 2.29. The number of alkyl halides is 3. The molecule has 0 saturated heterocycles. The lowest BCUT2D eigenvalue weighted by atomic mass is 10.1. The highest BCUT2D eigenvalue weighted by molar-refractivity contribution is 5.96. The van der Waals surface area contributed by atoms with Crippen LogP contribution in [0.15, 0.2) is 21.3 Å². The van der Waals surface area contributed by atoms with Gasteiger partial charge in [0, 0.05) is 13.1 Å². The lowest BCUT2D eigenvalue weighted by molar-refractivity contribution is -0.136. The fourth-order valence-electron chi connectivity index (χ4n) is 1.51. The van der Waals surface area contributed by atoms with Gasteiger partial charge >= 0.3 is 6.18 Å². The number of carbonyl (C=O) groups is 1. The topological polar surface area (TPSA) is 75.1 Å². The number of pyridine rings is 1. The van der Waals surface area contributed by atoms with Crippen molar-refractivity contribution in [2.45, 2.75) is 6.18 Å². The molecule has 0 aromatic carbocycles. The summed E-state index contributed by atoms with van der Waals surface area (Å²) in [6.45, 7) is 0. The Hall–Kier alpha value is -2.25. The van der Waals surface area contributed by atoms with Gasteiger partial charge in [-0.2, -0.15) is 13.2 Å². The zero-order chi connectivity index (χ0) is 13.5. The van der Waals surface area contributed by atoms with Gasteiger partial charge in [-0.3, -0.25) is 14.6 Å². The van der Waals surface area contributed by atoms with E-state index in [-0.39, 0.29) is 16.9 Å². The fraction of sp³-hybridized carbons (Fsp3) is 0.200. The number of H-pyrrole nitrogens is 1. The maximum atomic E-state index is 12.7. The second kappa shape index (κ2) is 3.90. The molecule has 8 heteroatoms. The van der Waals surface area contributed by atoms with Gasteiger partial charge < -0.3 is 9.73 Å². The molecule has 0 aliphatic heterocycles. The van der Waals surface area contributed by atoms with Crippen LogP contribution in [0, 0.1) is 0 Å². The average Bonchev–Trinajstić information content (AvgIpc) is 2.68. The second-order valence-electron chi connectivity index (χ2n) is 3.48. The Bertz CT molecular complexity index is 669. The molecule has 18 heavy (non-hydrogen) atoms. The minimum atomic E-state index is -4.70. The number of hydrogen-bond acceptors (Lipinski definition) is 3. The van der Waals surface area contributed by atoms with E-state index in [1.165, 1.54) is 7.05 Å². The summed E-state index contributed by atoms with van der Waals surface area (Å²) >= 11 is 0. The highest BCUT2D eigenvalue weighted by Gasteiger charge is 2.34. The molecule has 0 aliphatic rings. The molecule has 0 atom stereocenters. The molecule has 0 fully saturated rings. The molecule has 0 aliphatic carbocycles. The predicted octanol–water partition coefficient (Wildman–Crippen LogP) is 1.50. The van der Waals surface area contributed by atoms with Crippen LogP contribution in [0.3, 0.4) is 0 Å². The van der Waals surface area contributed by atoms with Gasteiger partial charge in [0.15, 0.2) is 5.76 Å². The largest absolute Gasteiger partial charge is 0.434 e. The number of aromatic amines is 1. The summed E-state index contributed by atoms with van der Waals surface area (Å²) in [4.78, 5) is 24.4. The number of rotatable bonds is 1. The van der Waals surface area contributed by atoms with Crippen molar-refractivity contribution in [3.05, 3.63) is 33.8 Å². The summed E-state index contributed by atoms with van der Waals surface area (Å²) in [6, 6.07) is 1.36. The Labute approximate surface area is 97.6 Å². The van der Waals surface area contributed by atoms with E-state index in [1.807, 2.05) is 0 Å². The Morgan fingerprint density at radius 1 is 1.39 bits per heavy atom. The molecule has 2 aromatic heterocycles. The van der Waals surface area contributed by atoms with Gasteiger partial charge in [-0.15, -0.1) is 0 Å². The monoisotopic (exact) mass is 260 g/mol. The SMILES string of the molecule is CNC(=O)c1cc2c(C(F)(F)F)cc(=O)[nH]c2o1. The van der Waals surface area contributed by atoms with Crippen LogP contribution in [0.4, 0.5) is 13.2 Å². The van der Waals surface area contributed by atoms with Gasteiger partial charge in [0.25, 0.3) is 11.5 Å². The van der Waals surface area contributed by atoms with Gasteiger partial charge in [-0.1, -0.05) is 0 Å². The average molecular weight is 260 g/mol. The molecular weight excluding hydrogens is 253 g/mol. The highest BCUT2D eigenvalue weighted by atomic mass is 19.4. The normalized spacial score (nSPS) is 11.8. The summed E-state index contributed by atoms with van der Waals surface area (Å²) in [6.07, 6.45) is -4.70. The van der Waals surface area contributed by atoms with Crippen molar-refractivity contribution < 1.29 is 22.4 Å². The van der Waals surface area contributed by atoms with Gasteiger partial charge in [0.1, 0.15) is 0 Å². The molecule has 1 amide bonds. The van der Waals surface area contributed by atoms with Crippen LogP contribution in [0.25, 0.3) is 11.1 Å². The summed E-state index contributed by atoms with van der Waals surface area (Å²) in [5.41, 5.74) is -2.47. The Morgan fingerprint density at radius 3 is 2.61 bits per heavy atom. The second-order valence-corrected chi connectivity index (χ2v) is 3.48. The van der Waals surface area contributed by atoms with Crippen molar-refractivity contribution in [3.63, 3.8) is 0 Å². The minimum absolute atomic E-state index is 0.306. The number of fused-ring (bicyclic) bond motifs is 1. The lowest BCUT2D eigenvalue weighted by Crippen LogP contribution is -2.16. The molecule has 2 heterocycles. The van der Waals surface area contributed by atoms with Gasteiger partial charge in [-0.25, -0.2) is 0 Å². The first-order valence-electron chi connectivity index (χ1n) is 4.79. The third kappa shape index (κ3) is 1.96. The number of nitrogens with one attached hydrogen (secondary N) is 2. The van der Waals surface area contributed by atoms with E-state index in [1.54, 1.807) is 0 Å². The van der Waals surface area contributed by atoms with E-state index in [2.05, 4.69) is 10.3 Å². The first kappa shape index (κ1) is 12.2. The van der Waals surface area contributed by atoms with Crippen molar-refractivity contribution in [2.24, 2.45) is 0 Å². The van der Waals surface area contributed by atoms with Crippen LogP contribution in [0.2, 0.25) is 0 Å². The van der Waals surface area contributed by atoms with Crippen molar-refractivity contribution in [1.29, 1.82) is 0 Å². The van der Waals surface area contributed by atoms with Crippen LogP contribution in [-0.2, 0) is 6.18 Å². The number of amides is 1. The van der Waals surface area contributed by atoms with E-state index in [9.17, 15) is 22.8 Å². The standard InChI is InChI=1S/C10H7F3N2O3/c1-14-8(17)6-2-4-5(10(11,12)13)3-7(16)15-9(4)18-6/h2-3H,1H3,(H,14,17)(H,15,16). The predicted molar refractivity (Wildman–Crippen MR) is 55.2 cm³/mol. The molecule has 2 rings (SSSR count). The van der Waals surface area contributed by atoms with Crippen LogP contribution in [0.1, 0.15) is 16.1 Å². The molecule has 0 spiro atoms. The number of hydrogen-bond donors (Lipinski definition) is 2. The van der Waals surface area contributed by atoms with Crippen molar-refractivity contribution in [2.75, 3.05) is 7.05 Å². The zero-order valence-electron chi connectivity index (χ0n) is 9.01. The Balaban J connectivity index is 2.76. The maximum absolute atomic E-state index is 12.7. The molecule has 5 nitrogen and oxygen atoms in total. The van der Waals surface area contributed by atoms with Gasteiger partial charge in [0.2, 0.25) is 5.71 Å². The van der Waals surface area contributed by atoms with E-state index in [0.717, 1.165) is 6.07 Å². The zero-order valence-corrected chi connectivity index (χ0v) is 9.01. The molecule has 96 valence electrons. The highest BCUT2D eigenvalue weighted by Crippen LogP contribution is 2.34. The molecular formula is C10H7F3N2O3. The summed E-state index contributed by atoms with van der Waals surface area (Å²) < 4.78 is 43.0. The summed E-state index contributed by atoms with van der Waals surface area (Å²) in [5.74, 6) is -0.986. The first-order valence-corrected chi connectivity index (χ1v) is 4.79. The number of carbonyl (C=O) groups excluding carboxylic acids is 1.